The third-order valence-corrected chi connectivity index (χ3v) is 4.24. The maximum atomic E-state index is 12.6. The fourth-order valence-corrected chi connectivity index (χ4v) is 2.67. The average Bonchev–Trinajstić information content (AvgIpc) is 2.46. The van der Waals surface area contributed by atoms with Crippen molar-refractivity contribution in [2.24, 2.45) is 5.41 Å². The summed E-state index contributed by atoms with van der Waals surface area (Å²) < 4.78 is 5.38. The molecule has 2 rings (SSSR count). The summed E-state index contributed by atoms with van der Waals surface area (Å²) in [5.74, 6) is -0.0876. The normalized spacial score (nSPS) is 17.3. The van der Waals surface area contributed by atoms with Gasteiger partial charge in [0.1, 0.15) is 5.60 Å². The number of hydrogen-bond donors (Lipinski definition) is 1. The van der Waals surface area contributed by atoms with Crippen molar-refractivity contribution >= 4 is 29.3 Å². The molecule has 0 radical (unpaired) electrons. The maximum absolute atomic E-state index is 12.6. The molecular weight excluding hydrogens is 330 g/mol. The molecule has 132 valence electrons. The summed E-state index contributed by atoms with van der Waals surface area (Å²) in [6.45, 7) is 8.41. The van der Waals surface area contributed by atoms with Gasteiger partial charge in [-0.1, -0.05) is 18.5 Å². The largest absolute Gasteiger partial charge is 0.444 e. The van der Waals surface area contributed by atoms with Crippen molar-refractivity contribution in [3.8, 4) is 0 Å². The Morgan fingerprint density at radius 2 is 1.92 bits per heavy atom. The number of carbonyl (C=O) groups is 2. The third kappa shape index (κ3) is 4.84. The molecule has 0 unspecified atom stereocenters. The first-order valence-corrected chi connectivity index (χ1v) is 8.37. The predicted molar refractivity (Wildman–Crippen MR) is 93.0 cm³/mol. The minimum atomic E-state index is -0.541. The van der Waals surface area contributed by atoms with Crippen LogP contribution in [0.15, 0.2) is 18.5 Å². The number of pyridine rings is 1. The lowest BCUT2D eigenvalue weighted by Gasteiger charge is -2.38. The molecule has 2 heterocycles. The molecule has 1 aromatic heterocycles. The molecule has 1 aliphatic rings. The number of ether oxygens (including phenoxy) is 1. The Balaban J connectivity index is 1.94. The van der Waals surface area contributed by atoms with Gasteiger partial charge in [0.25, 0.3) is 0 Å². The van der Waals surface area contributed by atoms with Crippen molar-refractivity contribution in [1.29, 1.82) is 0 Å². The van der Waals surface area contributed by atoms with Gasteiger partial charge in [0, 0.05) is 19.3 Å². The molecule has 1 aliphatic heterocycles. The SMILES string of the molecule is CC(C)(C)OC(=O)N1CCC(C)(C(=O)Nc2cncc(Cl)c2)CC1. The van der Waals surface area contributed by atoms with Gasteiger partial charge in [0.15, 0.2) is 0 Å². The summed E-state index contributed by atoms with van der Waals surface area (Å²) >= 11 is 5.88. The number of nitrogens with one attached hydrogen (secondary N) is 1. The van der Waals surface area contributed by atoms with Gasteiger partial charge >= 0.3 is 6.09 Å². The summed E-state index contributed by atoms with van der Waals surface area (Å²) in [6.07, 6.45) is 3.89. The van der Waals surface area contributed by atoms with E-state index in [0.29, 0.717) is 36.6 Å². The van der Waals surface area contributed by atoms with Crippen molar-refractivity contribution < 1.29 is 14.3 Å². The summed E-state index contributed by atoms with van der Waals surface area (Å²) in [4.78, 5) is 30.3. The zero-order valence-corrected chi connectivity index (χ0v) is 15.3. The van der Waals surface area contributed by atoms with Crippen LogP contribution in [0.3, 0.4) is 0 Å². The van der Waals surface area contributed by atoms with Gasteiger partial charge in [0.05, 0.1) is 22.3 Å². The van der Waals surface area contributed by atoms with Gasteiger partial charge in [-0.2, -0.15) is 0 Å². The number of anilines is 1. The molecule has 0 aromatic carbocycles. The number of hydrogen-bond acceptors (Lipinski definition) is 4. The van der Waals surface area contributed by atoms with Gasteiger partial charge < -0.3 is 15.0 Å². The fraction of sp³-hybridized carbons (Fsp3) is 0.588. The lowest BCUT2D eigenvalue weighted by molar-refractivity contribution is -0.127. The number of nitrogens with zero attached hydrogens (tertiary/aromatic N) is 2. The topological polar surface area (TPSA) is 71.5 Å². The zero-order valence-electron chi connectivity index (χ0n) is 14.6. The number of rotatable bonds is 2. The molecule has 1 fully saturated rings. The monoisotopic (exact) mass is 353 g/mol. The van der Waals surface area contributed by atoms with E-state index in [-0.39, 0.29) is 12.0 Å². The highest BCUT2D eigenvalue weighted by Crippen LogP contribution is 2.33. The minimum Gasteiger partial charge on any atom is -0.444 e. The van der Waals surface area contributed by atoms with Gasteiger partial charge in [-0.3, -0.25) is 9.78 Å². The summed E-state index contributed by atoms with van der Waals surface area (Å²) in [7, 11) is 0. The van der Waals surface area contributed by atoms with Crippen molar-refractivity contribution in [3.63, 3.8) is 0 Å². The van der Waals surface area contributed by atoms with E-state index in [1.54, 1.807) is 17.2 Å². The first kappa shape index (κ1) is 18.5. The van der Waals surface area contributed by atoms with Crippen LogP contribution in [0.1, 0.15) is 40.5 Å². The third-order valence-electron chi connectivity index (χ3n) is 4.03. The first-order valence-electron chi connectivity index (χ1n) is 7.99. The summed E-state index contributed by atoms with van der Waals surface area (Å²) in [5.41, 5.74) is -0.487. The number of piperidine rings is 1. The molecule has 7 heteroatoms. The minimum absolute atomic E-state index is 0.0876. The predicted octanol–water partition coefficient (Wildman–Crippen LogP) is 3.71. The van der Waals surface area contributed by atoms with Crippen LogP contribution in [-0.2, 0) is 9.53 Å². The van der Waals surface area contributed by atoms with Crippen LogP contribution < -0.4 is 5.32 Å². The van der Waals surface area contributed by atoms with Crippen molar-refractivity contribution in [2.75, 3.05) is 18.4 Å². The molecule has 0 aliphatic carbocycles. The smallest absolute Gasteiger partial charge is 0.410 e. The number of carbonyl (C=O) groups excluding carboxylic acids is 2. The van der Waals surface area contributed by atoms with E-state index in [9.17, 15) is 9.59 Å². The van der Waals surface area contributed by atoms with E-state index in [1.807, 2.05) is 27.7 Å². The van der Waals surface area contributed by atoms with Crippen molar-refractivity contribution in [1.82, 2.24) is 9.88 Å². The Kier molecular flexibility index (Phi) is 5.38. The van der Waals surface area contributed by atoms with E-state index in [2.05, 4.69) is 10.3 Å². The Morgan fingerprint density at radius 1 is 1.29 bits per heavy atom. The van der Waals surface area contributed by atoms with Crippen LogP contribution in [0, 0.1) is 5.41 Å². The lowest BCUT2D eigenvalue weighted by Crippen LogP contribution is -2.48. The van der Waals surface area contributed by atoms with Gasteiger partial charge in [-0.05, 0) is 39.7 Å². The fourth-order valence-electron chi connectivity index (χ4n) is 2.50. The second kappa shape index (κ2) is 6.97. The average molecular weight is 354 g/mol. The molecule has 24 heavy (non-hydrogen) atoms. The standard InChI is InChI=1S/C17H24ClN3O3/c1-16(2,3)24-15(23)21-7-5-17(4,6-8-21)14(22)20-13-9-12(18)10-19-11-13/h9-11H,5-8H2,1-4H3,(H,20,22). The summed E-state index contributed by atoms with van der Waals surface area (Å²) in [5, 5.41) is 3.32. The molecule has 2 amide bonds. The Morgan fingerprint density at radius 3 is 2.46 bits per heavy atom. The number of likely N-dealkylation sites (tertiary alicyclic amines) is 1. The van der Waals surface area contributed by atoms with Crippen LogP contribution in [0.4, 0.5) is 10.5 Å². The van der Waals surface area contributed by atoms with Gasteiger partial charge in [0.2, 0.25) is 5.91 Å². The van der Waals surface area contributed by atoms with Crippen LogP contribution in [-0.4, -0.2) is 40.6 Å². The van der Waals surface area contributed by atoms with Crippen molar-refractivity contribution in [3.05, 3.63) is 23.5 Å². The number of aromatic nitrogens is 1. The number of halogens is 1. The molecule has 1 saturated heterocycles. The van der Waals surface area contributed by atoms with Crippen LogP contribution in [0.25, 0.3) is 0 Å². The molecule has 1 N–H and O–H groups in total. The highest BCUT2D eigenvalue weighted by molar-refractivity contribution is 6.30. The Labute approximate surface area is 147 Å². The quantitative estimate of drug-likeness (QED) is 0.879. The second-order valence-electron chi connectivity index (χ2n) is 7.37. The number of amides is 2. The summed E-state index contributed by atoms with van der Waals surface area (Å²) in [6, 6.07) is 1.66. The molecule has 0 spiro atoms. The van der Waals surface area contributed by atoms with Gasteiger partial charge in [-0.15, -0.1) is 0 Å². The molecule has 0 saturated carbocycles. The molecule has 0 bridgehead atoms. The molecule has 1 aromatic rings. The van der Waals surface area contributed by atoms with E-state index in [0.717, 1.165) is 0 Å². The molecular formula is C17H24ClN3O3. The highest BCUT2D eigenvalue weighted by atomic mass is 35.5. The zero-order chi connectivity index (χ0) is 18.0. The van der Waals surface area contributed by atoms with Crippen molar-refractivity contribution in [2.45, 2.75) is 46.1 Å². The highest BCUT2D eigenvalue weighted by Gasteiger charge is 2.39. The van der Waals surface area contributed by atoms with E-state index in [1.165, 1.54) is 6.20 Å². The van der Waals surface area contributed by atoms with Gasteiger partial charge in [-0.25, -0.2) is 4.79 Å². The van der Waals surface area contributed by atoms with E-state index in [4.69, 9.17) is 16.3 Å². The lowest BCUT2D eigenvalue weighted by atomic mass is 9.79. The second-order valence-corrected chi connectivity index (χ2v) is 7.81. The first-order chi connectivity index (χ1) is 11.1. The van der Waals surface area contributed by atoms with Crippen LogP contribution in [0.5, 0.6) is 0 Å². The van der Waals surface area contributed by atoms with Crippen LogP contribution in [0.2, 0.25) is 5.02 Å². The van der Waals surface area contributed by atoms with E-state index >= 15 is 0 Å². The Bertz CT molecular complexity index is 620. The van der Waals surface area contributed by atoms with Crippen LogP contribution >= 0.6 is 11.6 Å². The maximum Gasteiger partial charge on any atom is 0.410 e. The molecule has 0 atom stereocenters. The Hall–Kier alpha value is -1.82. The molecule has 6 nitrogen and oxygen atoms in total. The van der Waals surface area contributed by atoms with E-state index < -0.39 is 11.0 Å².